The van der Waals surface area contributed by atoms with E-state index in [4.69, 9.17) is 0 Å². The molecule has 0 aliphatic rings. The molecule has 0 saturated carbocycles. The van der Waals surface area contributed by atoms with E-state index >= 15 is 0 Å². The lowest BCUT2D eigenvalue weighted by Crippen LogP contribution is -2.28. The Labute approximate surface area is 110 Å². The number of hydrogen-bond donors (Lipinski definition) is 2. The van der Waals surface area contributed by atoms with Crippen molar-refractivity contribution < 1.29 is 4.79 Å². The number of benzene rings is 1. The van der Waals surface area contributed by atoms with Gasteiger partial charge in [0.2, 0.25) is 5.91 Å². The van der Waals surface area contributed by atoms with Crippen LogP contribution in [-0.2, 0) is 11.3 Å². The van der Waals surface area contributed by atoms with E-state index < -0.39 is 0 Å². The third-order valence-electron chi connectivity index (χ3n) is 3.13. The maximum absolute atomic E-state index is 11.4. The van der Waals surface area contributed by atoms with Crippen LogP contribution in [0.3, 0.4) is 0 Å². The van der Waals surface area contributed by atoms with E-state index in [1.807, 2.05) is 0 Å². The molecule has 1 aromatic rings. The van der Waals surface area contributed by atoms with Crippen LogP contribution in [0.2, 0.25) is 0 Å². The molecule has 0 atom stereocenters. The Morgan fingerprint density at radius 3 is 2.72 bits per heavy atom. The summed E-state index contributed by atoms with van der Waals surface area (Å²) >= 11 is 0. The maximum atomic E-state index is 11.4. The zero-order valence-electron chi connectivity index (χ0n) is 11.7. The molecule has 0 saturated heterocycles. The van der Waals surface area contributed by atoms with Crippen LogP contribution in [0.4, 0.5) is 0 Å². The molecule has 18 heavy (non-hydrogen) atoms. The number of amides is 1. The van der Waals surface area contributed by atoms with Crippen LogP contribution in [0.1, 0.15) is 36.5 Å². The summed E-state index contributed by atoms with van der Waals surface area (Å²) in [5.41, 5.74) is 3.96. The van der Waals surface area contributed by atoms with Crippen molar-refractivity contribution in [3.8, 4) is 0 Å². The molecule has 1 rings (SSSR count). The van der Waals surface area contributed by atoms with Gasteiger partial charge in [-0.15, -0.1) is 0 Å². The Morgan fingerprint density at radius 1 is 1.22 bits per heavy atom. The zero-order valence-corrected chi connectivity index (χ0v) is 11.7. The van der Waals surface area contributed by atoms with E-state index in [1.165, 1.54) is 16.7 Å². The Morgan fingerprint density at radius 2 is 2.00 bits per heavy atom. The molecule has 0 unspecified atom stereocenters. The lowest BCUT2D eigenvalue weighted by Gasteiger charge is -2.10. The van der Waals surface area contributed by atoms with Gasteiger partial charge >= 0.3 is 0 Å². The zero-order chi connectivity index (χ0) is 13.4. The number of rotatable bonds is 7. The van der Waals surface area contributed by atoms with Crippen molar-refractivity contribution >= 4 is 5.91 Å². The molecule has 0 aromatic heterocycles. The highest BCUT2D eigenvalue weighted by Gasteiger charge is 2.02. The van der Waals surface area contributed by atoms with Crippen LogP contribution in [0, 0.1) is 13.8 Å². The Kier molecular flexibility index (Phi) is 6.44. The van der Waals surface area contributed by atoms with Crippen LogP contribution in [0.25, 0.3) is 0 Å². The molecule has 0 aliphatic heterocycles. The van der Waals surface area contributed by atoms with Gasteiger partial charge in [-0.1, -0.05) is 25.1 Å². The molecule has 0 spiro atoms. The summed E-state index contributed by atoms with van der Waals surface area (Å²) in [5, 5.41) is 6.19. The second-order valence-corrected chi connectivity index (χ2v) is 4.64. The van der Waals surface area contributed by atoms with Crippen LogP contribution >= 0.6 is 0 Å². The van der Waals surface area contributed by atoms with Crippen molar-refractivity contribution in [1.82, 2.24) is 10.6 Å². The molecular weight excluding hydrogens is 224 g/mol. The third-order valence-corrected chi connectivity index (χ3v) is 3.13. The van der Waals surface area contributed by atoms with E-state index in [0.29, 0.717) is 6.42 Å². The summed E-state index contributed by atoms with van der Waals surface area (Å²) in [6, 6.07) is 6.33. The van der Waals surface area contributed by atoms with Crippen LogP contribution < -0.4 is 10.6 Å². The molecule has 0 aliphatic carbocycles. The third kappa shape index (κ3) is 4.88. The Balaban J connectivity index is 2.25. The van der Waals surface area contributed by atoms with Gasteiger partial charge in [0, 0.05) is 26.1 Å². The number of carbonyl (C=O) groups excluding carboxylic acids is 1. The normalized spacial score (nSPS) is 10.4. The minimum atomic E-state index is 0.130. The molecule has 0 bridgehead atoms. The van der Waals surface area contributed by atoms with Gasteiger partial charge in [0.1, 0.15) is 0 Å². The minimum absolute atomic E-state index is 0.130. The summed E-state index contributed by atoms with van der Waals surface area (Å²) in [5.74, 6) is 0.130. The molecule has 0 heterocycles. The molecule has 1 aromatic carbocycles. The van der Waals surface area contributed by atoms with Crippen molar-refractivity contribution in [2.24, 2.45) is 0 Å². The summed E-state index contributed by atoms with van der Waals surface area (Å²) in [6.45, 7) is 8.64. The Bertz CT molecular complexity index is 388. The fourth-order valence-corrected chi connectivity index (χ4v) is 1.78. The fraction of sp³-hybridized carbons (Fsp3) is 0.533. The van der Waals surface area contributed by atoms with Gasteiger partial charge in [-0.25, -0.2) is 0 Å². The summed E-state index contributed by atoms with van der Waals surface area (Å²) < 4.78 is 0. The Hall–Kier alpha value is -1.35. The SMILES string of the molecule is CCCNC(=O)CCNCc1cccc(C)c1C. The van der Waals surface area contributed by atoms with Crippen molar-refractivity contribution in [1.29, 1.82) is 0 Å². The number of aryl methyl sites for hydroxylation is 1. The number of nitrogens with one attached hydrogen (secondary N) is 2. The largest absolute Gasteiger partial charge is 0.356 e. The molecule has 3 nitrogen and oxygen atoms in total. The number of carbonyl (C=O) groups is 1. The predicted molar refractivity (Wildman–Crippen MR) is 75.5 cm³/mol. The second-order valence-electron chi connectivity index (χ2n) is 4.64. The topological polar surface area (TPSA) is 41.1 Å². The van der Waals surface area contributed by atoms with E-state index in [2.05, 4.69) is 49.6 Å². The van der Waals surface area contributed by atoms with Crippen molar-refractivity contribution in [2.75, 3.05) is 13.1 Å². The molecule has 2 N–H and O–H groups in total. The number of hydrogen-bond acceptors (Lipinski definition) is 2. The lowest BCUT2D eigenvalue weighted by atomic mass is 10.0. The highest BCUT2D eigenvalue weighted by molar-refractivity contribution is 5.75. The van der Waals surface area contributed by atoms with Crippen molar-refractivity contribution in [2.45, 2.75) is 40.2 Å². The monoisotopic (exact) mass is 248 g/mol. The van der Waals surface area contributed by atoms with E-state index in [9.17, 15) is 4.79 Å². The first-order valence-corrected chi connectivity index (χ1v) is 6.67. The maximum Gasteiger partial charge on any atom is 0.221 e. The smallest absolute Gasteiger partial charge is 0.221 e. The molecule has 100 valence electrons. The van der Waals surface area contributed by atoms with Gasteiger partial charge in [0.25, 0.3) is 0 Å². The van der Waals surface area contributed by atoms with Crippen molar-refractivity contribution in [3.63, 3.8) is 0 Å². The van der Waals surface area contributed by atoms with E-state index in [-0.39, 0.29) is 5.91 Å². The van der Waals surface area contributed by atoms with Crippen LogP contribution in [0.15, 0.2) is 18.2 Å². The summed E-state index contributed by atoms with van der Waals surface area (Å²) in [6.07, 6.45) is 1.53. The van der Waals surface area contributed by atoms with Gasteiger partial charge < -0.3 is 10.6 Å². The van der Waals surface area contributed by atoms with E-state index in [1.54, 1.807) is 0 Å². The first-order chi connectivity index (χ1) is 8.65. The highest BCUT2D eigenvalue weighted by atomic mass is 16.1. The molecule has 0 radical (unpaired) electrons. The van der Waals surface area contributed by atoms with Crippen molar-refractivity contribution in [3.05, 3.63) is 34.9 Å². The van der Waals surface area contributed by atoms with Crippen LogP contribution in [-0.4, -0.2) is 19.0 Å². The minimum Gasteiger partial charge on any atom is -0.356 e. The van der Waals surface area contributed by atoms with Gasteiger partial charge in [0.15, 0.2) is 0 Å². The molecule has 0 fully saturated rings. The van der Waals surface area contributed by atoms with Gasteiger partial charge in [-0.05, 0) is 37.0 Å². The highest BCUT2D eigenvalue weighted by Crippen LogP contribution is 2.11. The fourth-order valence-electron chi connectivity index (χ4n) is 1.78. The average Bonchev–Trinajstić information content (AvgIpc) is 2.37. The van der Waals surface area contributed by atoms with Gasteiger partial charge in [-0.2, -0.15) is 0 Å². The molecular formula is C15H24N2O. The quantitative estimate of drug-likeness (QED) is 0.727. The predicted octanol–water partition coefficient (Wildman–Crippen LogP) is 2.31. The first-order valence-electron chi connectivity index (χ1n) is 6.67. The van der Waals surface area contributed by atoms with Gasteiger partial charge in [0.05, 0.1) is 0 Å². The van der Waals surface area contributed by atoms with Crippen LogP contribution in [0.5, 0.6) is 0 Å². The molecule has 1 amide bonds. The van der Waals surface area contributed by atoms with Gasteiger partial charge in [-0.3, -0.25) is 4.79 Å². The summed E-state index contributed by atoms with van der Waals surface area (Å²) in [4.78, 5) is 11.4. The van der Waals surface area contributed by atoms with E-state index in [0.717, 1.165) is 26.1 Å². The first kappa shape index (κ1) is 14.7. The average molecular weight is 248 g/mol. The molecule has 3 heteroatoms. The second kappa shape index (κ2) is 7.88. The summed E-state index contributed by atoms with van der Waals surface area (Å²) in [7, 11) is 0. The standard InChI is InChI=1S/C15H24N2O/c1-4-9-17-15(18)8-10-16-11-14-7-5-6-12(2)13(14)3/h5-7,16H,4,8-11H2,1-3H3,(H,17,18). The lowest BCUT2D eigenvalue weighted by molar-refractivity contribution is -0.120.